The van der Waals surface area contributed by atoms with Gasteiger partial charge in [0.2, 0.25) is 0 Å². The SMILES string of the molecule is C#Cc1csc2c(C(N)C(N)Cc3ccccc3)nc(-c3ccncc3)nc12. The molecule has 28 heavy (non-hydrogen) atoms. The van der Waals surface area contributed by atoms with E-state index in [0.29, 0.717) is 12.2 Å². The van der Waals surface area contributed by atoms with Crippen molar-refractivity contribution in [3.05, 3.63) is 77.1 Å². The zero-order valence-electron chi connectivity index (χ0n) is 15.1. The molecule has 3 heterocycles. The molecule has 2 atom stereocenters. The van der Waals surface area contributed by atoms with Gasteiger partial charge in [0.05, 0.1) is 22.0 Å². The summed E-state index contributed by atoms with van der Waals surface area (Å²) in [6.07, 6.45) is 9.74. The predicted octanol–water partition coefficient (Wildman–Crippen LogP) is 3.30. The van der Waals surface area contributed by atoms with Crippen LogP contribution in [0.2, 0.25) is 0 Å². The molecule has 4 rings (SSSR count). The number of terminal acetylenes is 1. The van der Waals surface area contributed by atoms with E-state index in [9.17, 15) is 0 Å². The summed E-state index contributed by atoms with van der Waals surface area (Å²) in [5.41, 5.74) is 17.3. The Morgan fingerprint density at radius 3 is 2.50 bits per heavy atom. The molecule has 5 nitrogen and oxygen atoms in total. The van der Waals surface area contributed by atoms with Crippen LogP contribution in [0.15, 0.2) is 60.2 Å². The van der Waals surface area contributed by atoms with Crippen LogP contribution in [0.1, 0.15) is 22.9 Å². The van der Waals surface area contributed by atoms with E-state index in [1.807, 2.05) is 47.8 Å². The van der Waals surface area contributed by atoms with Crippen molar-refractivity contribution in [3.63, 3.8) is 0 Å². The maximum Gasteiger partial charge on any atom is 0.160 e. The Morgan fingerprint density at radius 2 is 1.79 bits per heavy atom. The number of fused-ring (bicyclic) bond motifs is 1. The Hall–Kier alpha value is -3.11. The molecule has 4 aromatic rings. The second kappa shape index (κ2) is 7.87. The summed E-state index contributed by atoms with van der Waals surface area (Å²) in [7, 11) is 0. The molecule has 0 bridgehead atoms. The molecule has 0 aliphatic carbocycles. The van der Waals surface area contributed by atoms with Gasteiger partial charge in [0.1, 0.15) is 5.52 Å². The maximum absolute atomic E-state index is 6.58. The minimum absolute atomic E-state index is 0.290. The van der Waals surface area contributed by atoms with Crippen LogP contribution in [-0.4, -0.2) is 21.0 Å². The fourth-order valence-electron chi connectivity index (χ4n) is 3.11. The van der Waals surface area contributed by atoms with Gasteiger partial charge in [-0.1, -0.05) is 36.3 Å². The van der Waals surface area contributed by atoms with Crippen molar-refractivity contribution in [2.75, 3.05) is 0 Å². The van der Waals surface area contributed by atoms with Crippen molar-refractivity contribution in [3.8, 4) is 23.7 Å². The predicted molar refractivity (Wildman–Crippen MR) is 114 cm³/mol. The molecular weight excluding hydrogens is 366 g/mol. The normalized spacial score (nSPS) is 13.2. The highest BCUT2D eigenvalue weighted by atomic mass is 32.1. The summed E-state index contributed by atoms with van der Waals surface area (Å²) in [5.74, 6) is 3.27. The summed E-state index contributed by atoms with van der Waals surface area (Å²) in [4.78, 5) is 13.5. The van der Waals surface area contributed by atoms with Crippen LogP contribution in [0.4, 0.5) is 0 Å². The van der Waals surface area contributed by atoms with E-state index in [-0.39, 0.29) is 6.04 Å². The lowest BCUT2D eigenvalue weighted by Crippen LogP contribution is -2.36. The third-order valence-electron chi connectivity index (χ3n) is 4.63. The molecule has 2 unspecified atom stereocenters. The number of pyridine rings is 1. The van der Waals surface area contributed by atoms with Gasteiger partial charge in [0.25, 0.3) is 0 Å². The van der Waals surface area contributed by atoms with E-state index in [2.05, 4.69) is 10.9 Å². The molecule has 0 fully saturated rings. The summed E-state index contributed by atoms with van der Waals surface area (Å²) in [6, 6.07) is 13.1. The van der Waals surface area contributed by atoms with Crippen molar-refractivity contribution >= 4 is 21.6 Å². The Labute approximate surface area is 167 Å². The van der Waals surface area contributed by atoms with E-state index in [4.69, 9.17) is 27.9 Å². The number of aromatic nitrogens is 3. The summed E-state index contributed by atoms with van der Waals surface area (Å²) in [5, 5.41) is 1.91. The van der Waals surface area contributed by atoms with Gasteiger partial charge in [0.15, 0.2) is 5.82 Å². The minimum atomic E-state index is -0.449. The van der Waals surface area contributed by atoms with E-state index in [1.165, 1.54) is 11.3 Å². The molecule has 0 aliphatic rings. The molecule has 138 valence electrons. The lowest BCUT2D eigenvalue weighted by Gasteiger charge is -2.20. The largest absolute Gasteiger partial charge is 0.326 e. The molecule has 0 saturated heterocycles. The average molecular weight is 385 g/mol. The Morgan fingerprint density at radius 1 is 1.04 bits per heavy atom. The second-order valence-electron chi connectivity index (χ2n) is 6.52. The first-order chi connectivity index (χ1) is 13.7. The highest BCUT2D eigenvalue weighted by Gasteiger charge is 2.23. The molecule has 3 aromatic heterocycles. The zero-order chi connectivity index (χ0) is 19.5. The van der Waals surface area contributed by atoms with Crippen molar-refractivity contribution in [2.45, 2.75) is 18.5 Å². The number of hydrogen-bond acceptors (Lipinski definition) is 6. The molecular formula is C22H19N5S. The van der Waals surface area contributed by atoms with Crippen molar-refractivity contribution in [2.24, 2.45) is 11.5 Å². The number of nitrogens with two attached hydrogens (primary N) is 2. The average Bonchev–Trinajstić information content (AvgIpc) is 3.17. The van der Waals surface area contributed by atoms with Gasteiger partial charge in [-0.2, -0.15) is 0 Å². The van der Waals surface area contributed by atoms with Gasteiger partial charge < -0.3 is 11.5 Å². The Bertz CT molecular complexity index is 1130. The smallest absolute Gasteiger partial charge is 0.160 e. The van der Waals surface area contributed by atoms with E-state index in [1.54, 1.807) is 12.4 Å². The van der Waals surface area contributed by atoms with Gasteiger partial charge >= 0.3 is 0 Å². The van der Waals surface area contributed by atoms with Crippen LogP contribution in [0.5, 0.6) is 0 Å². The molecule has 0 spiro atoms. The Kier molecular flexibility index (Phi) is 5.13. The fourth-order valence-corrected chi connectivity index (χ4v) is 4.10. The number of thiophene rings is 1. The number of hydrogen-bond donors (Lipinski definition) is 2. The van der Waals surface area contributed by atoms with Crippen molar-refractivity contribution < 1.29 is 0 Å². The minimum Gasteiger partial charge on any atom is -0.326 e. The van der Waals surface area contributed by atoms with Crippen LogP contribution >= 0.6 is 11.3 Å². The first-order valence-electron chi connectivity index (χ1n) is 8.88. The maximum atomic E-state index is 6.58. The molecule has 0 amide bonds. The summed E-state index contributed by atoms with van der Waals surface area (Å²) >= 11 is 1.51. The van der Waals surface area contributed by atoms with Crippen LogP contribution in [-0.2, 0) is 6.42 Å². The first kappa shape index (κ1) is 18.3. The third-order valence-corrected chi connectivity index (χ3v) is 5.62. The summed E-state index contributed by atoms with van der Waals surface area (Å²) in [6.45, 7) is 0. The van der Waals surface area contributed by atoms with Gasteiger partial charge in [-0.3, -0.25) is 4.98 Å². The van der Waals surface area contributed by atoms with Gasteiger partial charge in [-0.25, -0.2) is 9.97 Å². The van der Waals surface area contributed by atoms with E-state index < -0.39 is 6.04 Å². The fraction of sp³-hybridized carbons (Fsp3) is 0.136. The standard InChI is InChI=1S/C22H19N5S/c1-2-15-13-28-21-19(15)26-22(16-8-10-25-11-9-16)27-20(21)18(24)17(23)12-14-6-4-3-5-7-14/h1,3-11,13,17-18H,12,23-24H2. The summed E-state index contributed by atoms with van der Waals surface area (Å²) < 4.78 is 0.891. The second-order valence-corrected chi connectivity index (χ2v) is 7.40. The third kappa shape index (κ3) is 3.51. The monoisotopic (exact) mass is 385 g/mol. The number of benzene rings is 1. The molecule has 6 heteroatoms. The van der Waals surface area contributed by atoms with Crippen molar-refractivity contribution in [1.82, 2.24) is 15.0 Å². The molecule has 1 aromatic carbocycles. The first-order valence-corrected chi connectivity index (χ1v) is 9.76. The Balaban J connectivity index is 1.78. The van der Waals surface area contributed by atoms with Crippen LogP contribution in [0, 0.1) is 12.3 Å². The molecule has 0 saturated carbocycles. The quantitative estimate of drug-likeness (QED) is 0.514. The van der Waals surface area contributed by atoms with Gasteiger partial charge in [-0.15, -0.1) is 17.8 Å². The van der Waals surface area contributed by atoms with Crippen LogP contribution in [0.3, 0.4) is 0 Å². The van der Waals surface area contributed by atoms with Gasteiger partial charge in [0, 0.05) is 29.4 Å². The molecule has 0 radical (unpaired) electrons. The lowest BCUT2D eigenvalue weighted by molar-refractivity contribution is 0.537. The van der Waals surface area contributed by atoms with Crippen LogP contribution < -0.4 is 11.5 Å². The van der Waals surface area contributed by atoms with Crippen molar-refractivity contribution in [1.29, 1.82) is 0 Å². The highest BCUT2D eigenvalue weighted by Crippen LogP contribution is 2.32. The molecule has 0 aliphatic heterocycles. The van der Waals surface area contributed by atoms with E-state index in [0.717, 1.165) is 32.6 Å². The topological polar surface area (TPSA) is 90.7 Å². The number of nitrogens with zero attached hydrogens (tertiary/aromatic N) is 3. The van der Waals surface area contributed by atoms with E-state index >= 15 is 0 Å². The molecule has 4 N–H and O–H groups in total. The van der Waals surface area contributed by atoms with Gasteiger partial charge in [-0.05, 0) is 24.1 Å². The zero-order valence-corrected chi connectivity index (χ0v) is 15.9. The van der Waals surface area contributed by atoms with Crippen LogP contribution in [0.25, 0.3) is 21.6 Å². The number of rotatable bonds is 5. The lowest BCUT2D eigenvalue weighted by atomic mass is 9.98. The highest BCUT2D eigenvalue weighted by molar-refractivity contribution is 7.17.